The molecule has 5 nitrogen and oxygen atoms in total. The molecular weight excluding hydrogens is 178 g/mol. The monoisotopic (exact) mass is 187 g/mol. The van der Waals surface area contributed by atoms with Crippen molar-refractivity contribution in [3.8, 4) is 0 Å². The van der Waals surface area contributed by atoms with Gasteiger partial charge < -0.3 is 0 Å². The normalized spacial score (nSPS) is 18.0. The molecule has 70 valence electrons. The smallest absolute Gasteiger partial charge is 0.108 e. The van der Waals surface area contributed by atoms with Gasteiger partial charge in [0.25, 0.3) is 0 Å². The molecule has 5 heteroatoms. The Morgan fingerprint density at radius 1 is 1.21 bits per heavy atom. The largest absolute Gasteiger partial charge is 0.261 e. The zero-order chi connectivity index (χ0) is 9.43. The Morgan fingerprint density at radius 3 is 2.71 bits per heavy atom. The van der Waals surface area contributed by atoms with Crippen LogP contribution in [-0.4, -0.2) is 25.0 Å². The Bertz CT molecular complexity index is 418. The van der Waals surface area contributed by atoms with E-state index in [9.17, 15) is 0 Å². The van der Waals surface area contributed by atoms with E-state index in [1.807, 2.05) is 10.9 Å². The average molecular weight is 187 g/mol. The van der Waals surface area contributed by atoms with Crippen molar-refractivity contribution in [2.24, 2.45) is 0 Å². The fraction of sp³-hybridized carbons (Fsp3) is 0.333. The van der Waals surface area contributed by atoms with Gasteiger partial charge in [-0.05, 0) is 12.8 Å². The summed E-state index contributed by atoms with van der Waals surface area (Å²) in [5.41, 5.74) is 0.913. The SMILES string of the molecule is c1cnc(C2(n3ccnn3)CC2)cn1. The minimum atomic E-state index is -0.0647. The molecule has 0 aliphatic heterocycles. The molecule has 0 bridgehead atoms. The molecule has 1 saturated carbocycles. The summed E-state index contributed by atoms with van der Waals surface area (Å²) in [6.07, 6.45) is 10.9. The fourth-order valence-electron chi connectivity index (χ4n) is 1.70. The van der Waals surface area contributed by atoms with Crippen LogP contribution in [0.15, 0.2) is 31.0 Å². The molecule has 0 N–H and O–H groups in total. The summed E-state index contributed by atoms with van der Waals surface area (Å²) in [6.45, 7) is 0. The molecule has 2 aromatic heterocycles. The standard InChI is InChI=1S/C9H9N5/c1-2-9(1,14-6-5-12-13-14)8-7-10-3-4-11-8/h3-7H,1-2H2. The summed E-state index contributed by atoms with van der Waals surface area (Å²) in [4.78, 5) is 8.39. The van der Waals surface area contributed by atoms with Gasteiger partial charge in [-0.25, -0.2) is 4.68 Å². The Labute approximate surface area is 80.8 Å². The number of nitrogens with zero attached hydrogens (tertiary/aromatic N) is 5. The van der Waals surface area contributed by atoms with Gasteiger partial charge in [0.05, 0.1) is 18.1 Å². The minimum Gasteiger partial charge on any atom is -0.261 e. The van der Waals surface area contributed by atoms with Crippen molar-refractivity contribution < 1.29 is 0 Å². The number of aromatic nitrogens is 5. The minimum absolute atomic E-state index is 0.0647. The Morgan fingerprint density at radius 2 is 2.14 bits per heavy atom. The van der Waals surface area contributed by atoms with Crippen LogP contribution in [0.5, 0.6) is 0 Å². The molecule has 0 radical (unpaired) electrons. The van der Waals surface area contributed by atoms with Crippen LogP contribution in [0.4, 0.5) is 0 Å². The number of rotatable bonds is 2. The molecule has 2 aromatic rings. The van der Waals surface area contributed by atoms with Gasteiger partial charge in [0, 0.05) is 18.6 Å². The Kier molecular flexibility index (Phi) is 1.41. The lowest BCUT2D eigenvalue weighted by atomic mass is 10.2. The van der Waals surface area contributed by atoms with E-state index in [-0.39, 0.29) is 5.54 Å². The predicted octanol–water partition coefficient (Wildman–Crippen LogP) is 0.605. The molecule has 0 amide bonds. The highest BCUT2D eigenvalue weighted by Gasteiger charge is 2.48. The van der Waals surface area contributed by atoms with Crippen molar-refractivity contribution in [2.75, 3.05) is 0 Å². The molecule has 1 fully saturated rings. The predicted molar refractivity (Wildman–Crippen MR) is 48.4 cm³/mol. The van der Waals surface area contributed by atoms with Crippen molar-refractivity contribution in [1.82, 2.24) is 25.0 Å². The third-order valence-electron chi connectivity index (χ3n) is 2.62. The highest BCUT2D eigenvalue weighted by atomic mass is 15.5. The number of hydrogen-bond acceptors (Lipinski definition) is 4. The van der Waals surface area contributed by atoms with E-state index in [0.717, 1.165) is 18.5 Å². The van der Waals surface area contributed by atoms with Crippen LogP contribution in [0.25, 0.3) is 0 Å². The van der Waals surface area contributed by atoms with Crippen LogP contribution in [0.2, 0.25) is 0 Å². The van der Waals surface area contributed by atoms with Crippen LogP contribution >= 0.6 is 0 Å². The van der Waals surface area contributed by atoms with Crippen LogP contribution in [0, 0.1) is 0 Å². The maximum Gasteiger partial charge on any atom is 0.108 e. The van der Waals surface area contributed by atoms with E-state index in [0.29, 0.717) is 0 Å². The molecule has 3 rings (SSSR count). The Balaban J connectivity index is 2.07. The quantitative estimate of drug-likeness (QED) is 0.691. The van der Waals surface area contributed by atoms with E-state index >= 15 is 0 Å². The van der Waals surface area contributed by atoms with Gasteiger partial charge in [-0.2, -0.15) is 0 Å². The summed E-state index contributed by atoms with van der Waals surface area (Å²) in [5, 5.41) is 7.84. The fourth-order valence-corrected chi connectivity index (χ4v) is 1.70. The molecule has 2 heterocycles. The first-order valence-corrected chi connectivity index (χ1v) is 4.55. The van der Waals surface area contributed by atoms with Crippen molar-refractivity contribution in [3.63, 3.8) is 0 Å². The molecule has 0 aromatic carbocycles. The molecule has 0 unspecified atom stereocenters. The van der Waals surface area contributed by atoms with Crippen molar-refractivity contribution in [1.29, 1.82) is 0 Å². The van der Waals surface area contributed by atoms with Crippen LogP contribution in [0.3, 0.4) is 0 Å². The van der Waals surface area contributed by atoms with Gasteiger partial charge in [0.2, 0.25) is 0 Å². The van der Waals surface area contributed by atoms with E-state index in [4.69, 9.17) is 0 Å². The first-order valence-electron chi connectivity index (χ1n) is 4.55. The molecule has 0 saturated heterocycles. The number of hydrogen-bond donors (Lipinski definition) is 0. The van der Waals surface area contributed by atoms with Gasteiger partial charge in [0.15, 0.2) is 0 Å². The molecular formula is C9H9N5. The van der Waals surface area contributed by atoms with Crippen molar-refractivity contribution in [3.05, 3.63) is 36.7 Å². The highest BCUT2D eigenvalue weighted by Crippen LogP contribution is 2.47. The zero-order valence-electron chi connectivity index (χ0n) is 7.54. The van der Waals surface area contributed by atoms with Crippen LogP contribution in [0.1, 0.15) is 18.5 Å². The lowest BCUT2D eigenvalue weighted by Crippen LogP contribution is -2.20. The maximum absolute atomic E-state index is 4.32. The molecule has 14 heavy (non-hydrogen) atoms. The summed E-state index contributed by atoms with van der Waals surface area (Å²) >= 11 is 0. The topological polar surface area (TPSA) is 56.5 Å². The lowest BCUT2D eigenvalue weighted by Gasteiger charge is -2.13. The third-order valence-corrected chi connectivity index (χ3v) is 2.62. The van der Waals surface area contributed by atoms with Crippen molar-refractivity contribution in [2.45, 2.75) is 18.4 Å². The average Bonchev–Trinajstić information content (AvgIpc) is 2.88. The van der Waals surface area contributed by atoms with Gasteiger partial charge in [-0.15, -0.1) is 5.10 Å². The molecule has 1 aliphatic carbocycles. The molecule has 0 atom stereocenters. The summed E-state index contributed by atoms with van der Waals surface area (Å²) < 4.78 is 1.87. The second-order valence-electron chi connectivity index (χ2n) is 3.47. The van der Waals surface area contributed by atoms with Crippen LogP contribution < -0.4 is 0 Å². The van der Waals surface area contributed by atoms with Gasteiger partial charge in [-0.1, -0.05) is 5.21 Å². The summed E-state index contributed by atoms with van der Waals surface area (Å²) in [6, 6.07) is 0. The van der Waals surface area contributed by atoms with E-state index in [1.165, 1.54) is 0 Å². The highest BCUT2D eigenvalue weighted by molar-refractivity contribution is 5.21. The van der Waals surface area contributed by atoms with E-state index < -0.39 is 0 Å². The summed E-state index contributed by atoms with van der Waals surface area (Å²) in [5.74, 6) is 0. The zero-order valence-corrected chi connectivity index (χ0v) is 7.54. The third kappa shape index (κ3) is 0.951. The van der Waals surface area contributed by atoms with Gasteiger partial charge in [-0.3, -0.25) is 9.97 Å². The second-order valence-corrected chi connectivity index (χ2v) is 3.47. The maximum atomic E-state index is 4.32. The van der Waals surface area contributed by atoms with Crippen LogP contribution in [-0.2, 0) is 5.54 Å². The van der Waals surface area contributed by atoms with Crippen molar-refractivity contribution >= 4 is 0 Å². The van der Waals surface area contributed by atoms with Gasteiger partial charge >= 0.3 is 0 Å². The molecule has 1 aliphatic rings. The van der Waals surface area contributed by atoms with E-state index in [2.05, 4.69) is 20.3 Å². The lowest BCUT2D eigenvalue weighted by molar-refractivity contribution is 0.477. The second kappa shape index (κ2) is 2.60. The molecule has 0 spiro atoms. The summed E-state index contributed by atoms with van der Waals surface area (Å²) in [7, 11) is 0. The first-order chi connectivity index (χ1) is 6.92. The first kappa shape index (κ1) is 7.61. The van der Waals surface area contributed by atoms with Gasteiger partial charge in [0.1, 0.15) is 5.54 Å². The Hall–Kier alpha value is -1.78. The van der Waals surface area contributed by atoms with E-state index in [1.54, 1.807) is 24.8 Å².